The lowest BCUT2D eigenvalue weighted by atomic mass is 10.1. The van der Waals surface area contributed by atoms with E-state index in [2.05, 4.69) is 41.2 Å². The van der Waals surface area contributed by atoms with Crippen LogP contribution in [0.3, 0.4) is 0 Å². The molecule has 1 aromatic rings. The molecule has 1 aromatic carbocycles. The first-order valence-electron chi connectivity index (χ1n) is 5.92. The summed E-state index contributed by atoms with van der Waals surface area (Å²) >= 11 is 0. The summed E-state index contributed by atoms with van der Waals surface area (Å²) in [5.74, 6) is 1.10. The molecule has 0 aromatic heterocycles. The number of rotatable bonds is 4. The summed E-state index contributed by atoms with van der Waals surface area (Å²) in [5.41, 5.74) is 8.19. The van der Waals surface area contributed by atoms with E-state index in [1.165, 1.54) is 5.56 Å². The van der Waals surface area contributed by atoms with Crippen molar-refractivity contribution in [1.82, 2.24) is 5.32 Å². The third-order valence-corrected chi connectivity index (χ3v) is 2.87. The van der Waals surface area contributed by atoms with Crippen molar-refractivity contribution in [2.45, 2.75) is 25.3 Å². The number of guanidine groups is 1. The second-order valence-electron chi connectivity index (χ2n) is 4.66. The van der Waals surface area contributed by atoms with Crippen LogP contribution in [0.25, 0.3) is 0 Å². The molecule has 3 heteroatoms. The fourth-order valence-corrected chi connectivity index (χ4v) is 1.88. The number of benzene rings is 1. The van der Waals surface area contributed by atoms with Crippen LogP contribution in [0.4, 0.5) is 0 Å². The lowest BCUT2D eigenvalue weighted by Gasteiger charge is -2.05. The topological polar surface area (TPSA) is 50.4 Å². The SMILES string of the molecule is C=C(C)CN=C(N)NC1CC1c1ccccc1. The number of nitrogens with two attached hydrogens (primary N) is 1. The van der Waals surface area contributed by atoms with Crippen LogP contribution in [0.1, 0.15) is 24.8 Å². The van der Waals surface area contributed by atoms with E-state index in [-0.39, 0.29) is 0 Å². The van der Waals surface area contributed by atoms with E-state index in [9.17, 15) is 0 Å². The molecule has 2 rings (SSSR count). The van der Waals surface area contributed by atoms with Gasteiger partial charge in [-0.25, -0.2) is 4.99 Å². The standard InChI is InChI=1S/C14H19N3/c1-10(2)9-16-14(15)17-13-8-12(13)11-6-4-3-5-7-11/h3-7,12-13H,1,8-9H2,2H3,(H3,15,16,17). The lowest BCUT2D eigenvalue weighted by Crippen LogP contribution is -2.34. The first-order chi connectivity index (χ1) is 8.16. The first-order valence-corrected chi connectivity index (χ1v) is 5.92. The van der Waals surface area contributed by atoms with Crippen LogP contribution in [0.5, 0.6) is 0 Å². The summed E-state index contributed by atoms with van der Waals surface area (Å²) < 4.78 is 0. The van der Waals surface area contributed by atoms with Crippen molar-refractivity contribution < 1.29 is 0 Å². The molecule has 3 nitrogen and oxygen atoms in total. The Morgan fingerprint density at radius 3 is 2.82 bits per heavy atom. The monoisotopic (exact) mass is 229 g/mol. The van der Waals surface area contributed by atoms with E-state index in [0.717, 1.165) is 12.0 Å². The van der Waals surface area contributed by atoms with Crippen LogP contribution in [-0.4, -0.2) is 18.5 Å². The Morgan fingerprint density at radius 1 is 1.47 bits per heavy atom. The highest BCUT2D eigenvalue weighted by molar-refractivity contribution is 5.78. The molecule has 1 aliphatic rings. The number of hydrogen-bond donors (Lipinski definition) is 2. The van der Waals surface area contributed by atoms with Crippen LogP contribution >= 0.6 is 0 Å². The van der Waals surface area contributed by atoms with Gasteiger partial charge in [0.2, 0.25) is 0 Å². The summed E-state index contributed by atoms with van der Waals surface area (Å²) in [5, 5.41) is 3.24. The van der Waals surface area contributed by atoms with E-state index in [1.54, 1.807) is 0 Å². The van der Waals surface area contributed by atoms with Gasteiger partial charge in [-0.2, -0.15) is 0 Å². The summed E-state index contributed by atoms with van der Waals surface area (Å²) in [7, 11) is 0. The van der Waals surface area contributed by atoms with Gasteiger partial charge in [0.15, 0.2) is 5.96 Å². The molecule has 0 spiro atoms. The molecule has 17 heavy (non-hydrogen) atoms. The number of nitrogens with zero attached hydrogens (tertiary/aromatic N) is 1. The maximum atomic E-state index is 5.80. The van der Waals surface area contributed by atoms with Crippen LogP contribution < -0.4 is 11.1 Å². The van der Waals surface area contributed by atoms with Gasteiger partial charge in [0.1, 0.15) is 0 Å². The molecular weight excluding hydrogens is 210 g/mol. The Hall–Kier alpha value is -1.77. The zero-order chi connectivity index (χ0) is 12.3. The largest absolute Gasteiger partial charge is 0.370 e. The normalized spacial score (nSPS) is 23.2. The molecule has 1 aliphatic carbocycles. The van der Waals surface area contributed by atoms with Crippen LogP contribution in [0.15, 0.2) is 47.5 Å². The minimum Gasteiger partial charge on any atom is -0.370 e. The van der Waals surface area contributed by atoms with Crippen molar-refractivity contribution >= 4 is 5.96 Å². The van der Waals surface area contributed by atoms with Crippen molar-refractivity contribution in [3.05, 3.63) is 48.0 Å². The van der Waals surface area contributed by atoms with E-state index < -0.39 is 0 Å². The van der Waals surface area contributed by atoms with Gasteiger partial charge in [-0.15, -0.1) is 0 Å². The maximum Gasteiger partial charge on any atom is 0.189 e. The highest BCUT2D eigenvalue weighted by Crippen LogP contribution is 2.40. The Kier molecular flexibility index (Phi) is 3.47. The van der Waals surface area contributed by atoms with Crippen LogP contribution in [-0.2, 0) is 0 Å². The highest BCUT2D eigenvalue weighted by Gasteiger charge is 2.38. The molecule has 0 aliphatic heterocycles. The van der Waals surface area contributed by atoms with E-state index >= 15 is 0 Å². The summed E-state index contributed by atoms with van der Waals surface area (Å²) in [6.45, 7) is 6.34. The fourth-order valence-electron chi connectivity index (χ4n) is 1.88. The molecule has 90 valence electrons. The van der Waals surface area contributed by atoms with Crippen molar-refractivity contribution in [3.63, 3.8) is 0 Å². The zero-order valence-corrected chi connectivity index (χ0v) is 10.2. The van der Waals surface area contributed by atoms with Gasteiger partial charge in [0.05, 0.1) is 6.54 Å². The average Bonchev–Trinajstić information content (AvgIpc) is 3.07. The van der Waals surface area contributed by atoms with E-state index in [0.29, 0.717) is 24.5 Å². The zero-order valence-electron chi connectivity index (χ0n) is 10.2. The molecule has 0 saturated heterocycles. The third-order valence-electron chi connectivity index (χ3n) is 2.87. The number of nitrogens with one attached hydrogen (secondary N) is 1. The smallest absolute Gasteiger partial charge is 0.189 e. The number of aliphatic imine (C=N–C) groups is 1. The predicted molar refractivity (Wildman–Crippen MR) is 72.0 cm³/mol. The summed E-state index contributed by atoms with van der Waals surface area (Å²) in [6, 6.07) is 10.9. The Morgan fingerprint density at radius 2 is 2.18 bits per heavy atom. The van der Waals surface area contributed by atoms with Gasteiger partial charge in [0, 0.05) is 12.0 Å². The van der Waals surface area contributed by atoms with Crippen molar-refractivity contribution in [3.8, 4) is 0 Å². The minimum atomic E-state index is 0.436. The highest BCUT2D eigenvalue weighted by atomic mass is 15.1. The second kappa shape index (κ2) is 5.04. The van der Waals surface area contributed by atoms with Crippen molar-refractivity contribution in [2.24, 2.45) is 10.7 Å². The molecule has 3 N–H and O–H groups in total. The molecule has 1 saturated carbocycles. The second-order valence-corrected chi connectivity index (χ2v) is 4.66. The molecule has 0 bridgehead atoms. The maximum absolute atomic E-state index is 5.80. The molecule has 0 radical (unpaired) electrons. The molecule has 2 unspecified atom stereocenters. The minimum absolute atomic E-state index is 0.436. The van der Waals surface area contributed by atoms with Gasteiger partial charge in [0.25, 0.3) is 0 Å². The Balaban J connectivity index is 1.84. The number of hydrogen-bond acceptors (Lipinski definition) is 1. The van der Waals surface area contributed by atoms with Gasteiger partial charge in [-0.05, 0) is 18.9 Å². The molecule has 0 heterocycles. The molecule has 1 fully saturated rings. The van der Waals surface area contributed by atoms with Crippen molar-refractivity contribution in [1.29, 1.82) is 0 Å². The van der Waals surface area contributed by atoms with E-state index in [1.807, 2.05) is 13.0 Å². The van der Waals surface area contributed by atoms with Gasteiger partial charge in [-0.1, -0.05) is 42.5 Å². The van der Waals surface area contributed by atoms with Gasteiger partial charge < -0.3 is 11.1 Å². The van der Waals surface area contributed by atoms with Crippen LogP contribution in [0.2, 0.25) is 0 Å². The average molecular weight is 229 g/mol. The summed E-state index contributed by atoms with van der Waals surface area (Å²) in [4.78, 5) is 4.22. The molecule has 0 amide bonds. The Bertz CT molecular complexity index is 422. The van der Waals surface area contributed by atoms with Gasteiger partial charge in [-0.3, -0.25) is 0 Å². The van der Waals surface area contributed by atoms with Crippen LogP contribution in [0, 0.1) is 0 Å². The lowest BCUT2D eigenvalue weighted by molar-refractivity contribution is 0.852. The Labute approximate surface area is 102 Å². The van der Waals surface area contributed by atoms with Crippen molar-refractivity contribution in [2.75, 3.05) is 6.54 Å². The fraction of sp³-hybridized carbons (Fsp3) is 0.357. The molecular formula is C14H19N3. The molecule has 2 atom stereocenters. The predicted octanol–water partition coefficient (Wildman–Crippen LogP) is 2.02. The third kappa shape index (κ3) is 3.34. The first kappa shape index (κ1) is 11.7. The summed E-state index contributed by atoms with van der Waals surface area (Å²) in [6.07, 6.45) is 1.13. The van der Waals surface area contributed by atoms with E-state index in [4.69, 9.17) is 5.73 Å². The van der Waals surface area contributed by atoms with Gasteiger partial charge >= 0.3 is 0 Å². The quantitative estimate of drug-likeness (QED) is 0.471.